The normalized spacial score (nSPS) is 15.7. The number of rotatable bonds is 7. The quantitative estimate of drug-likeness (QED) is 0.586. The monoisotopic (exact) mass is 330 g/mol. The molecule has 24 heavy (non-hydrogen) atoms. The summed E-state index contributed by atoms with van der Waals surface area (Å²) in [6.07, 6.45) is 4.45. The predicted octanol–water partition coefficient (Wildman–Crippen LogP) is 4.01. The van der Waals surface area contributed by atoms with E-state index in [0.29, 0.717) is 19.4 Å². The molecule has 2 rings (SSSR count). The molecule has 2 N–H and O–H groups in total. The Kier molecular flexibility index (Phi) is 5.68. The van der Waals surface area contributed by atoms with Crippen LogP contribution in [-0.2, 0) is 15.0 Å². The fraction of sp³-hybridized carbons (Fsp3) is 0.600. The van der Waals surface area contributed by atoms with Crippen molar-refractivity contribution in [3.63, 3.8) is 0 Å². The zero-order chi connectivity index (χ0) is 17.8. The van der Waals surface area contributed by atoms with Gasteiger partial charge in [-0.1, -0.05) is 58.7 Å². The lowest BCUT2D eigenvalue weighted by Crippen LogP contribution is -2.40. The van der Waals surface area contributed by atoms with E-state index in [1.54, 1.807) is 0 Å². The second-order valence-corrected chi connectivity index (χ2v) is 7.79. The smallest absolute Gasteiger partial charge is 0.240 e. The van der Waals surface area contributed by atoms with Crippen molar-refractivity contribution in [1.82, 2.24) is 5.32 Å². The Morgan fingerprint density at radius 1 is 1.08 bits per heavy atom. The minimum Gasteiger partial charge on any atom is -0.355 e. The van der Waals surface area contributed by atoms with Crippen LogP contribution >= 0.6 is 0 Å². The summed E-state index contributed by atoms with van der Waals surface area (Å²) in [6, 6.07) is 7.83. The molecule has 0 atom stereocenters. The molecular weight excluding hydrogens is 300 g/mol. The van der Waals surface area contributed by atoms with Crippen molar-refractivity contribution < 1.29 is 9.59 Å². The van der Waals surface area contributed by atoms with Crippen LogP contribution in [0, 0.1) is 5.41 Å². The number of unbranched alkanes of at least 4 members (excludes halogenated alkanes) is 2. The SMILES string of the molecule is CCCCCNC(=O)C1(C(=O)Nc2ccccc2C(C)(C)C)CC1. The number of carbonyl (C=O) groups is 2. The van der Waals surface area contributed by atoms with Crippen molar-refractivity contribution in [2.45, 2.75) is 65.2 Å². The Hall–Kier alpha value is -1.84. The van der Waals surface area contributed by atoms with Gasteiger partial charge in [-0.2, -0.15) is 0 Å². The highest BCUT2D eigenvalue weighted by atomic mass is 16.2. The first-order valence-electron chi connectivity index (χ1n) is 9.00. The molecular formula is C20H30N2O2. The topological polar surface area (TPSA) is 58.2 Å². The fourth-order valence-electron chi connectivity index (χ4n) is 2.92. The lowest BCUT2D eigenvalue weighted by molar-refractivity contribution is -0.134. The first kappa shape index (κ1) is 18.5. The molecule has 0 bridgehead atoms. The van der Waals surface area contributed by atoms with E-state index in [1.165, 1.54) is 0 Å². The van der Waals surface area contributed by atoms with E-state index < -0.39 is 5.41 Å². The Balaban J connectivity index is 2.04. The number of carbonyl (C=O) groups excluding carboxylic acids is 2. The lowest BCUT2D eigenvalue weighted by atomic mass is 9.85. The first-order chi connectivity index (χ1) is 11.3. The highest BCUT2D eigenvalue weighted by molar-refractivity contribution is 6.13. The van der Waals surface area contributed by atoms with Gasteiger partial charge in [-0.05, 0) is 36.3 Å². The average Bonchev–Trinajstić information content (AvgIpc) is 3.33. The molecule has 0 aliphatic heterocycles. The maximum absolute atomic E-state index is 12.7. The van der Waals surface area contributed by atoms with Gasteiger partial charge in [0.25, 0.3) is 0 Å². The van der Waals surface area contributed by atoms with Gasteiger partial charge < -0.3 is 10.6 Å². The molecule has 1 aromatic carbocycles. The summed E-state index contributed by atoms with van der Waals surface area (Å²) in [4.78, 5) is 25.2. The molecule has 0 unspecified atom stereocenters. The number of anilines is 1. The van der Waals surface area contributed by atoms with Crippen molar-refractivity contribution in [1.29, 1.82) is 0 Å². The fourth-order valence-corrected chi connectivity index (χ4v) is 2.92. The number of hydrogen-bond donors (Lipinski definition) is 2. The van der Waals surface area contributed by atoms with Gasteiger partial charge in [0.05, 0.1) is 0 Å². The van der Waals surface area contributed by atoms with E-state index in [1.807, 2.05) is 24.3 Å². The third-order valence-corrected chi connectivity index (χ3v) is 4.67. The highest BCUT2D eigenvalue weighted by Gasteiger charge is 2.56. The molecule has 0 aromatic heterocycles. The summed E-state index contributed by atoms with van der Waals surface area (Å²) < 4.78 is 0. The van der Waals surface area contributed by atoms with Crippen LogP contribution < -0.4 is 10.6 Å². The molecule has 1 aliphatic rings. The summed E-state index contributed by atoms with van der Waals surface area (Å²) in [7, 11) is 0. The number of hydrogen-bond acceptors (Lipinski definition) is 2. The number of para-hydroxylation sites is 1. The van der Waals surface area contributed by atoms with Crippen molar-refractivity contribution in [3.8, 4) is 0 Å². The summed E-state index contributed by atoms with van der Waals surface area (Å²) >= 11 is 0. The molecule has 1 aromatic rings. The maximum atomic E-state index is 12.7. The van der Waals surface area contributed by atoms with E-state index in [2.05, 4.69) is 38.3 Å². The molecule has 2 amide bonds. The van der Waals surface area contributed by atoms with Crippen LogP contribution in [0.25, 0.3) is 0 Å². The van der Waals surface area contributed by atoms with Crippen molar-refractivity contribution in [2.75, 3.05) is 11.9 Å². The Morgan fingerprint density at radius 3 is 2.33 bits per heavy atom. The largest absolute Gasteiger partial charge is 0.355 e. The summed E-state index contributed by atoms with van der Waals surface area (Å²) in [5.41, 5.74) is 0.956. The minimum absolute atomic E-state index is 0.0665. The van der Waals surface area contributed by atoms with Crippen molar-refractivity contribution >= 4 is 17.5 Å². The number of benzene rings is 1. The Labute approximate surface area is 145 Å². The highest BCUT2D eigenvalue weighted by Crippen LogP contribution is 2.47. The van der Waals surface area contributed by atoms with E-state index in [-0.39, 0.29) is 17.2 Å². The third kappa shape index (κ3) is 4.16. The summed E-state index contributed by atoms with van der Waals surface area (Å²) in [5, 5.41) is 5.93. The van der Waals surface area contributed by atoms with Crippen LogP contribution in [-0.4, -0.2) is 18.4 Å². The van der Waals surface area contributed by atoms with Gasteiger partial charge >= 0.3 is 0 Å². The van der Waals surface area contributed by atoms with Gasteiger partial charge in [-0.25, -0.2) is 0 Å². The standard InChI is InChI=1S/C20H30N2O2/c1-5-6-9-14-21-17(23)20(12-13-20)18(24)22-16-11-8-7-10-15(16)19(2,3)4/h7-8,10-11H,5-6,9,12-14H2,1-4H3,(H,21,23)(H,22,24). The van der Waals surface area contributed by atoms with Gasteiger partial charge in [-0.15, -0.1) is 0 Å². The second-order valence-electron chi connectivity index (χ2n) is 7.79. The van der Waals surface area contributed by atoms with Crippen LogP contribution in [0.4, 0.5) is 5.69 Å². The van der Waals surface area contributed by atoms with Crippen molar-refractivity contribution in [2.24, 2.45) is 5.41 Å². The molecule has 1 aliphatic carbocycles. The van der Waals surface area contributed by atoms with Gasteiger partial charge in [0.2, 0.25) is 11.8 Å². The van der Waals surface area contributed by atoms with Crippen LogP contribution in [0.1, 0.15) is 65.4 Å². The van der Waals surface area contributed by atoms with E-state index in [4.69, 9.17) is 0 Å². The van der Waals surface area contributed by atoms with Crippen molar-refractivity contribution in [3.05, 3.63) is 29.8 Å². The van der Waals surface area contributed by atoms with Crippen LogP contribution in [0.3, 0.4) is 0 Å². The van der Waals surface area contributed by atoms with Crippen LogP contribution in [0.5, 0.6) is 0 Å². The van der Waals surface area contributed by atoms with Crippen LogP contribution in [0.2, 0.25) is 0 Å². The van der Waals surface area contributed by atoms with Crippen LogP contribution in [0.15, 0.2) is 24.3 Å². The van der Waals surface area contributed by atoms with Gasteiger partial charge in [0.15, 0.2) is 0 Å². The molecule has 1 fully saturated rings. The molecule has 0 radical (unpaired) electrons. The van der Waals surface area contributed by atoms with Gasteiger partial charge in [-0.3, -0.25) is 9.59 Å². The first-order valence-corrected chi connectivity index (χ1v) is 9.00. The molecule has 0 heterocycles. The maximum Gasteiger partial charge on any atom is 0.240 e. The second kappa shape index (κ2) is 7.37. The number of nitrogens with one attached hydrogen (secondary N) is 2. The predicted molar refractivity (Wildman–Crippen MR) is 98.0 cm³/mol. The molecule has 4 nitrogen and oxygen atoms in total. The minimum atomic E-state index is -0.864. The molecule has 1 saturated carbocycles. The Morgan fingerprint density at radius 2 is 1.75 bits per heavy atom. The third-order valence-electron chi connectivity index (χ3n) is 4.67. The molecule has 0 spiro atoms. The molecule has 132 valence electrons. The zero-order valence-electron chi connectivity index (χ0n) is 15.4. The molecule has 4 heteroatoms. The average molecular weight is 330 g/mol. The number of amides is 2. The zero-order valence-corrected chi connectivity index (χ0v) is 15.4. The van der Waals surface area contributed by atoms with E-state index in [9.17, 15) is 9.59 Å². The Bertz CT molecular complexity index is 598. The van der Waals surface area contributed by atoms with Gasteiger partial charge in [0, 0.05) is 12.2 Å². The lowest BCUT2D eigenvalue weighted by Gasteiger charge is -2.24. The van der Waals surface area contributed by atoms with E-state index in [0.717, 1.165) is 30.5 Å². The van der Waals surface area contributed by atoms with Gasteiger partial charge in [0.1, 0.15) is 5.41 Å². The van der Waals surface area contributed by atoms with E-state index >= 15 is 0 Å². The summed E-state index contributed by atoms with van der Waals surface area (Å²) in [5.74, 6) is -0.295. The summed E-state index contributed by atoms with van der Waals surface area (Å²) in [6.45, 7) is 9.13. The molecule has 0 saturated heterocycles.